The number of hydrogen-bond acceptors (Lipinski definition) is 7. The number of nitrogens with zero attached hydrogens (tertiary/aromatic N) is 4. The second-order valence-electron chi connectivity index (χ2n) is 5.68. The molecule has 0 saturated carbocycles. The standard InChI is InChI=1S/C18H19N7O/c1-12-3-5-15(11-21-12)26-8-7-20-18-14(10-19)4-6-16(23-18)22-17-9-13(2)24-25-17/h3-6,9,11H,7-8H2,1-2H3,(H3,20,22,23,24,25). The molecular formula is C18H19N7O. The number of ether oxygens (including phenoxy) is 1. The summed E-state index contributed by atoms with van der Waals surface area (Å²) in [5.74, 6) is 2.47. The first kappa shape index (κ1) is 17.2. The third-order valence-corrected chi connectivity index (χ3v) is 3.53. The summed E-state index contributed by atoms with van der Waals surface area (Å²) < 4.78 is 5.62. The van der Waals surface area contributed by atoms with Crippen LogP contribution in [0.25, 0.3) is 0 Å². The van der Waals surface area contributed by atoms with Crippen molar-refractivity contribution >= 4 is 17.5 Å². The lowest BCUT2D eigenvalue weighted by molar-refractivity contribution is 0.331. The van der Waals surface area contributed by atoms with Crippen molar-refractivity contribution in [3.05, 3.63) is 53.5 Å². The van der Waals surface area contributed by atoms with Crippen LogP contribution in [0.2, 0.25) is 0 Å². The molecule has 0 atom stereocenters. The number of anilines is 3. The molecule has 8 heteroatoms. The van der Waals surface area contributed by atoms with Crippen molar-refractivity contribution in [3.8, 4) is 11.8 Å². The first-order chi connectivity index (χ1) is 12.6. The number of rotatable bonds is 7. The van der Waals surface area contributed by atoms with Gasteiger partial charge in [0.15, 0.2) is 5.82 Å². The minimum atomic E-state index is 0.424. The lowest BCUT2D eigenvalue weighted by atomic mass is 10.2. The van der Waals surface area contributed by atoms with Crippen molar-refractivity contribution in [1.82, 2.24) is 20.2 Å². The van der Waals surface area contributed by atoms with Gasteiger partial charge in [0.1, 0.15) is 30.1 Å². The second-order valence-corrected chi connectivity index (χ2v) is 5.68. The molecule has 0 aliphatic carbocycles. The van der Waals surface area contributed by atoms with E-state index in [1.165, 1.54) is 0 Å². The van der Waals surface area contributed by atoms with Crippen LogP contribution in [-0.4, -0.2) is 33.3 Å². The molecular weight excluding hydrogens is 330 g/mol. The maximum absolute atomic E-state index is 9.26. The monoisotopic (exact) mass is 349 g/mol. The van der Waals surface area contributed by atoms with Crippen molar-refractivity contribution in [1.29, 1.82) is 5.26 Å². The predicted molar refractivity (Wildman–Crippen MR) is 98.5 cm³/mol. The van der Waals surface area contributed by atoms with Crippen LogP contribution in [0.1, 0.15) is 17.0 Å². The second kappa shape index (κ2) is 7.98. The molecule has 0 bridgehead atoms. The Kier molecular flexibility index (Phi) is 5.29. The van der Waals surface area contributed by atoms with E-state index in [1.807, 2.05) is 32.0 Å². The van der Waals surface area contributed by atoms with E-state index in [-0.39, 0.29) is 0 Å². The van der Waals surface area contributed by atoms with Gasteiger partial charge in [-0.15, -0.1) is 0 Å². The van der Waals surface area contributed by atoms with Gasteiger partial charge in [0.2, 0.25) is 0 Å². The first-order valence-corrected chi connectivity index (χ1v) is 8.13. The van der Waals surface area contributed by atoms with Crippen molar-refractivity contribution in [2.75, 3.05) is 23.8 Å². The summed E-state index contributed by atoms with van der Waals surface area (Å²) in [6, 6.07) is 11.2. The fraction of sp³-hybridized carbons (Fsp3) is 0.222. The molecule has 0 radical (unpaired) electrons. The molecule has 3 aromatic rings. The largest absolute Gasteiger partial charge is 0.490 e. The molecule has 8 nitrogen and oxygen atoms in total. The van der Waals surface area contributed by atoms with E-state index in [9.17, 15) is 5.26 Å². The van der Waals surface area contributed by atoms with Crippen LogP contribution in [0.5, 0.6) is 5.75 Å². The molecule has 0 aliphatic heterocycles. The number of nitriles is 1. The highest BCUT2D eigenvalue weighted by molar-refractivity contribution is 5.60. The van der Waals surface area contributed by atoms with Crippen molar-refractivity contribution in [2.24, 2.45) is 0 Å². The van der Waals surface area contributed by atoms with Gasteiger partial charge >= 0.3 is 0 Å². The van der Waals surface area contributed by atoms with Gasteiger partial charge in [-0.1, -0.05) is 0 Å². The zero-order valence-electron chi connectivity index (χ0n) is 14.6. The van der Waals surface area contributed by atoms with E-state index in [0.717, 1.165) is 11.4 Å². The van der Waals surface area contributed by atoms with Gasteiger partial charge in [-0.2, -0.15) is 10.4 Å². The Morgan fingerprint density at radius 1 is 1.19 bits per heavy atom. The van der Waals surface area contributed by atoms with E-state index in [1.54, 1.807) is 18.3 Å². The molecule has 3 heterocycles. The Balaban J connectivity index is 1.59. The number of hydrogen-bond donors (Lipinski definition) is 3. The van der Waals surface area contributed by atoms with Crippen LogP contribution < -0.4 is 15.4 Å². The summed E-state index contributed by atoms with van der Waals surface area (Å²) in [7, 11) is 0. The predicted octanol–water partition coefficient (Wildman–Crippen LogP) is 2.92. The van der Waals surface area contributed by atoms with Crippen LogP contribution >= 0.6 is 0 Å². The van der Waals surface area contributed by atoms with Crippen LogP contribution in [0.15, 0.2) is 36.5 Å². The molecule has 26 heavy (non-hydrogen) atoms. The Morgan fingerprint density at radius 3 is 2.77 bits per heavy atom. The Labute approximate surface area is 151 Å². The highest BCUT2D eigenvalue weighted by Crippen LogP contribution is 2.18. The van der Waals surface area contributed by atoms with Crippen LogP contribution in [0.4, 0.5) is 17.5 Å². The third kappa shape index (κ3) is 4.48. The number of aryl methyl sites for hydroxylation is 2. The molecule has 0 aliphatic rings. The van der Waals surface area contributed by atoms with Crippen molar-refractivity contribution in [3.63, 3.8) is 0 Å². The van der Waals surface area contributed by atoms with E-state index in [0.29, 0.717) is 41.9 Å². The summed E-state index contributed by atoms with van der Waals surface area (Å²) in [6.07, 6.45) is 1.69. The summed E-state index contributed by atoms with van der Waals surface area (Å²) in [5, 5.41) is 22.4. The number of H-pyrrole nitrogens is 1. The average molecular weight is 349 g/mol. The fourth-order valence-electron chi connectivity index (χ4n) is 2.24. The van der Waals surface area contributed by atoms with Gasteiger partial charge < -0.3 is 15.4 Å². The first-order valence-electron chi connectivity index (χ1n) is 8.13. The quantitative estimate of drug-likeness (QED) is 0.562. The molecule has 3 N–H and O–H groups in total. The fourth-order valence-corrected chi connectivity index (χ4v) is 2.24. The number of aromatic nitrogens is 4. The van der Waals surface area contributed by atoms with Crippen LogP contribution in [0, 0.1) is 25.2 Å². The molecule has 0 saturated heterocycles. The number of aromatic amines is 1. The SMILES string of the molecule is Cc1ccc(OCCNc2nc(Nc3cc(C)[nH]n3)ccc2C#N)cn1. The number of pyridine rings is 2. The van der Waals surface area contributed by atoms with Crippen LogP contribution in [0.3, 0.4) is 0 Å². The summed E-state index contributed by atoms with van der Waals surface area (Å²) in [4.78, 5) is 8.62. The molecule has 0 amide bonds. The molecule has 0 aromatic carbocycles. The van der Waals surface area contributed by atoms with Gasteiger partial charge in [-0.3, -0.25) is 10.1 Å². The van der Waals surface area contributed by atoms with E-state index in [4.69, 9.17) is 4.74 Å². The Bertz CT molecular complexity index is 912. The Morgan fingerprint density at radius 2 is 2.08 bits per heavy atom. The van der Waals surface area contributed by atoms with Gasteiger partial charge in [0.25, 0.3) is 0 Å². The molecule has 3 rings (SSSR count). The van der Waals surface area contributed by atoms with E-state index >= 15 is 0 Å². The lowest BCUT2D eigenvalue weighted by Crippen LogP contribution is -2.13. The normalized spacial score (nSPS) is 10.2. The maximum atomic E-state index is 9.26. The Hall–Kier alpha value is -3.60. The highest BCUT2D eigenvalue weighted by atomic mass is 16.5. The maximum Gasteiger partial charge on any atom is 0.153 e. The minimum Gasteiger partial charge on any atom is -0.490 e. The van der Waals surface area contributed by atoms with Crippen molar-refractivity contribution in [2.45, 2.75) is 13.8 Å². The molecule has 0 spiro atoms. The average Bonchev–Trinajstić information content (AvgIpc) is 3.05. The molecule has 132 valence electrons. The zero-order chi connectivity index (χ0) is 18.4. The van der Waals surface area contributed by atoms with E-state index < -0.39 is 0 Å². The van der Waals surface area contributed by atoms with Gasteiger partial charge in [-0.05, 0) is 38.1 Å². The smallest absolute Gasteiger partial charge is 0.153 e. The zero-order valence-corrected chi connectivity index (χ0v) is 14.6. The van der Waals surface area contributed by atoms with Crippen molar-refractivity contribution < 1.29 is 4.74 Å². The van der Waals surface area contributed by atoms with E-state index in [2.05, 4.69) is 36.9 Å². The number of nitrogens with one attached hydrogen (secondary N) is 3. The van der Waals surface area contributed by atoms with Gasteiger partial charge in [0, 0.05) is 17.5 Å². The summed E-state index contributed by atoms with van der Waals surface area (Å²) >= 11 is 0. The minimum absolute atomic E-state index is 0.424. The summed E-state index contributed by atoms with van der Waals surface area (Å²) in [5.41, 5.74) is 2.35. The molecule has 0 fully saturated rings. The van der Waals surface area contributed by atoms with Gasteiger partial charge in [-0.25, -0.2) is 4.98 Å². The summed E-state index contributed by atoms with van der Waals surface area (Å²) in [6.45, 7) is 4.76. The highest BCUT2D eigenvalue weighted by Gasteiger charge is 2.07. The molecule has 3 aromatic heterocycles. The van der Waals surface area contributed by atoms with Gasteiger partial charge in [0.05, 0.1) is 18.3 Å². The third-order valence-electron chi connectivity index (χ3n) is 3.53. The van der Waals surface area contributed by atoms with Crippen LogP contribution in [-0.2, 0) is 0 Å². The lowest BCUT2D eigenvalue weighted by Gasteiger charge is -2.10. The molecule has 0 unspecified atom stereocenters. The topological polar surface area (TPSA) is 112 Å².